The van der Waals surface area contributed by atoms with Crippen molar-refractivity contribution in [3.05, 3.63) is 59.4 Å². The van der Waals surface area contributed by atoms with Crippen LogP contribution in [0.1, 0.15) is 21.5 Å². The lowest BCUT2D eigenvalue weighted by atomic mass is 10.1. The Balaban J connectivity index is 2.03. The van der Waals surface area contributed by atoms with Gasteiger partial charge in [0, 0.05) is 25.3 Å². The van der Waals surface area contributed by atoms with Crippen molar-refractivity contribution >= 4 is 22.6 Å². The minimum atomic E-state index is -0.0592. The summed E-state index contributed by atoms with van der Waals surface area (Å²) in [7, 11) is 3.95. The highest BCUT2D eigenvalue weighted by Gasteiger charge is 2.13. The summed E-state index contributed by atoms with van der Waals surface area (Å²) in [5, 5.41) is 0. The molecule has 1 heterocycles. The molecule has 112 valence electrons. The van der Waals surface area contributed by atoms with E-state index >= 15 is 0 Å². The number of aryl methyl sites for hydroxylation is 2. The van der Waals surface area contributed by atoms with E-state index in [4.69, 9.17) is 0 Å². The van der Waals surface area contributed by atoms with E-state index in [2.05, 4.69) is 11.9 Å². The Labute approximate surface area is 130 Å². The first-order chi connectivity index (χ1) is 10.5. The standard InChI is InChI=1S/C18H19N3O/c1-12-9-16-17(10-13(12)2)21(11-19-16)18(22)14-5-7-15(8-6-14)20(3)4/h5-11H,1-4H3. The molecule has 2 aromatic carbocycles. The van der Waals surface area contributed by atoms with Gasteiger partial charge in [0.05, 0.1) is 11.0 Å². The Morgan fingerprint density at radius 3 is 2.32 bits per heavy atom. The first-order valence-electron chi connectivity index (χ1n) is 7.24. The van der Waals surface area contributed by atoms with Crippen molar-refractivity contribution in [1.29, 1.82) is 0 Å². The second-order valence-corrected chi connectivity index (χ2v) is 5.79. The van der Waals surface area contributed by atoms with Crippen LogP contribution in [0.15, 0.2) is 42.7 Å². The molecule has 4 nitrogen and oxygen atoms in total. The molecule has 0 spiro atoms. The Bertz CT molecular complexity index is 845. The molecule has 0 atom stereocenters. The zero-order valence-corrected chi connectivity index (χ0v) is 13.3. The topological polar surface area (TPSA) is 38.1 Å². The summed E-state index contributed by atoms with van der Waals surface area (Å²) in [6.07, 6.45) is 1.60. The van der Waals surface area contributed by atoms with Crippen LogP contribution in [-0.2, 0) is 0 Å². The van der Waals surface area contributed by atoms with Crippen molar-refractivity contribution in [2.75, 3.05) is 19.0 Å². The maximum atomic E-state index is 12.7. The Hall–Kier alpha value is -2.62. The van der Waals surface area contributed by atoms with Gasteiger partial charge >= 0.3 is 0 Å². The summed E-state index contributed by atoms with van der Waals surface area (Å²) < 4.78 is 1.62. The largest absolute Gasteiger partial charge is 0.378 e. The van der Waals surface area contributed by atoms with Gasteiger partial charge in [0.25, 0.3) is 5.91 Å². The van der Waals surface area contributed by atoms with Gasteiger partial charge < -0.3 is 4.90 Å². The van der Waals surface area contributed by atoms with Crippen molar-refractivity contribution in [2.24, 2.45) is 0 Å². The van der Waals surface area contributed by atoms with Gasteiger partial charge in [-0.3, -0.25) is 9.36 Å². The quantitative estimate of drug-likeness (QED) is 0.726. The smallest absolute Gasteiger partial charge is 0.263 e. The molecule has 3 aromatic rings. The fourth-order valence-electron chi connectivity index (χ4n) is 2.47. The number of carbonyl (C=O) groups is 1. The molecule has 0 aliphatic heterocycles. The van der Waals surface area contributed by atoms with Crippen molar-refractivity contribution in [3.63, 3.8) is 0 Å². The Morgan fingerprint density at radius 1 is 1.05 bits per heavy atom. The molecule has 0 amide bonds. The van der Waals surface area contributed by atoms with Crippen LogP contribution in [-0.4, -0.2) is 29.6 Å². The minimum absolute atomic E-state index is 0.0592. The summed E-state index contributed by atoms with van der Waals surface area (Å²) in [5.74, 6) is -0.0592. The second kappa shape index (κ2) is 5.30. The van der Waals surface area contributed by atoms with Crippen LogP contribution < -0.4 is 4.90 Å². The molecule has 3 rings (SSSR count). The summed E-state index contributed by atoms with van der Waals surface area (Å²) in [4.78, 5) is 19.1. The number of nitrogens with zero attached hydrogens (tertiary/aromatic N) is 3. The number of carbonyl (C=O) groups excluding carboxylic acids is 1. The molecule has 0 unspecified atom stereocenters. The van der Waals surface area contributed by atoms with Gasteiger partial charge in [-0.05, 0) is 61.4 Å². The van der Waals surface area contributed by atoms with Crippen LogP contribution in [0.2, 0.25) is 0 Å². The third kappa shape index (κ3) is 2.37. The maximum absolute atomic E-state index is 12.7. The predicted octanol–water partition coefficient (Wildman–Crippen LogP) is 3.41. The number of fused-ring (bicyclic) bond motifs is 1. The van der Waals surface area contributed by atoms with Crippen LogP contribution in [0.5, 0.6) is 0 Å². The van der Waals surface area contributed by atoms with Crippen LogP contribution in [0.25, 0.3) is 11.0 Å². The number of benzene rings is 2. The predicted molar refractivity (Wildman–Crippen MR) is 89.7 cm³/mol. The van der Waals surface area contributed by atoms with E-state index in [1.165, 1.54) is 5.56 Å². The van der Waals surface area contributed by atoms with Gasteiger partial charge in [-0.2, -0.15) is 0 Å². The third-order valence-corrected chi connectivity index (χ3v) is 4.01. The lowest BCUT2D eigenvalue weighted by Crippen LogP contribution is -2.12. The molecule has 0 radical (unpaired) electrons. The zero-order valence-electron chi connectivity index (χ0n) is 13.3. The average Bonchev–Trinajstić information content (AvgIpc) is 2.90. The second-order valence-electron chi connectivity index (χ2n) is 5.79. The molecule has 0 fully saturated rings. The van der Waals surface area contributed by atoms with Crippen molar-refractivity contribution in [1.82, 2.24) is 9.55 Å². The molecule has 0 aliphatic rings. The van der Waals surface area contributed by atoms with Crippen LogP contribution in [0.3, 0.4) is 0 Å². The highest BCUT2D eigenvalue weighted by molar-refractivity contribution is 6.01. The highest BCUT2D eigenvalue weighted by Crippen LogP contribution is 2.20. The van der Waals surface area contributed by atoms with Gasteiger partial charge in [0.15, 0.2) is 0 Å². The van der Waals surface area contributed by atoms with Crippen molar-refractivity contribution in [2.45, 2.75) is 13.8 Å². The number of imidazole rings is 1. The van der Waals surface area contributed by atoms with E-state index < -0.39 is 0 Å². The summed E-state index contributed by atoms with van der Waals surface area (Å²) >= 11 is 0. The Kier molecular flexibility index (Phi) is 3.45. The fourth-order valence-corrected chi connectivity index (χ4v) is 2.47. The number of rotatable bonds is 2. The van der Waals surface area contributed by atoms with Crippen LogP contribution in [0.4, 0.5) is 5.69 Å². The van der Waals surface area contributed by atoms with Gasteiger partial charge in [-0.1, -0.05) is 0 Å². The first-order valence-corrected chi connectivity index (χ1v) is 7.24. The zero-order chi connectivity index (χ0) is 15.9. The third-order valence-electron chi connectivity index (χ3n) is 4.01. The van der Waals surface area contributed by atoms with Gasteiger partial charge in [-0.25, -0.2) is 4.98 Å². The van der Waals surface area contributed by atoms with E-state index in [1.54, 1.807) is 10.9 Å². The minimum Gasteiger partial charge on any atom is -0.378 e. The van der Waals surface area contributed by atoms with E-state index in [0.717, 1.165) is 22.3 Å². The summed E-state index contributed by atoms with van der Waals surface area (Å²) in [6, 6.07) is 11.6. The molecule has 0 saturated carbocycles. The SMILES string of the molecule is Cc1cc2ncn(C(=O)c3ccc(N(C)C)cc3)c2cc1C. The van der Waals surface area contributed by atoms with E-state index in [1.807, 2.05) is 62.3 Å². The van der Waals surface area contributed by atoms with E-state index in [9.17, 15) is 4.79 Å². The molecule has 1 aromatic heterocycles. The molecule has 0 aliphatic carbocycles. The van der Waals surface area contributed by atoms with E-state index in [-0.39, 0.29) is 5.91 Å². The summed E-state index contributed by atoms with van der Waals surface area (Å²) in [5.41, 5.74) is 5.76. The number of hydrogen-bond acceptors (Lipinski definition) is 3. The lowest BCUT2D eigenvalue weighted by molar-refractivity contribution is 0.0964. The molecular weight excluding hydrogens is 274 g/mol. The maximum Gasteiger partial charge on any atom is 0.263 e. The summed E-state index contributed by atoms with van der Waals surface area (Å²) in [6.45, 7) is 4.10. The molecular formula is C18H19N3O. The van der Waals surface area contributed by atoms with Crippen molar-refractivity contribution in [3.8, 4) is 0 Å². The number of anilines is 1. The van der Waals surface area contributed by atoms with Gasteiger partial charge in [0.2, 0.25) is 0 Å². The Morgan fingerprint density at radius 2 is 1.68 bits per heavy atom. The van der Waals surface area contributed by atoms with Crippen LogP contribution >= 0.6 is 0 Å². The molecule has 4 heteroatoms. The molecule has 0 bridgehead atoms. The fraction of sp³-hybridized carbons (Fsp3) is 0.222. The number of aromatic nitrogens is 2. The molecule has 22 heavy (non-hydrogen) atoms. The molecule has 0 N–H and O–H groups in total. The van der Waals surface area contributed by atoms with E-state index in [0.29, 0.717) is 5.56 Å². The monoisotopic (exact) mass is 293 g/mol. The van der Waals surface area contributed by atoms with Crippen LogP contribution in [0, 0.1) is 13.8 Å². The number of hydrogen-bond donors (Lipinski definition) is 0. The normalized spacial score (nSPS) is 10.9. The first kappa shape index (κ1) is 14.3. The lowest BCUT2D eigenvalue weighted by Gasteiger charge is -2.12. The van der Waals surface area contributed by atoms with Gasteiger partial charge in [0.1, 0.15) is 6.33 Å². The van der Waals surface area contributed by atoms with Crippen molar-refractivity contribution < 1.29 is 4.79 Å². The van der Waals surface area contributed by atoms with Gasteiger partial charge in [-0.15, -0.1) is 0 Å². The molecule has 0 saturated heterocycles. The highest BCUT2D eigenvalue weighted by atomic mass is 16.2. The average molecular weight is 293 g/mol.